The zero-order valence-corrected chi connectivity index (χ0v) is 10.2. The van der Waals surface area contributed by atoms with Crippen LogP contribution in [0.3, 0.4) is 0 Å². The van der Waals surface area contributed by atoms with Crippen LogP contribution < -0.4 is 16.0 Å². The quantitative estimate of drug-likeness (QED) is 0.330. The molecule has 0 aliphatic heterocycles. The van der Waals surface area contributed by atoms with E-state index < -0.39 is 0 Å². The van der Waals surface area contributed by atoms with Gasteiger partial charge in [-0.05, 0) is 18.6 Å². The zero-order chi connectivity index (χ0) is 12.5. The molecule has 0 radical (unpaired) electrons. The van der Waals surface area contributed by atoms with Gasteiger partial charge >= 0.3 is 0 Å². The van der Waals surface area contributed by atoms with Gasteiger partial charge in [0, 0.05) is 0 Å². The summed E-state index contributed by atoms with van der Waals surface area (Å²) in [6.07, 6.45) is 4.58. The van der Waals surface area contributed by atoms with Crippen LogP contribution in [-0.4, -0.2) is 12.5 Å². The summed E-state index contributed by atoms with van der Waals surface area (Å²) in [5.41, 5.74) is 2.59. The molecular formula is C13H20N2O2. The molecule has 1 aromatic carbocycles. The SMILES string of the molecule is CCCCCCOc1ccccc1C(=O)NN. The molecule has 4 heteroatoms. The Labute approximate surface area is 102 Å². The Hall–Kier alpha value is -1.55. The average Bonchev–Trinajstić information content (AvgIpc) is 2.38. The topological polar surface area (TPSA) is 64.3 Å². The summed E-state index contributed by atoms with van der Waals surface area (Å²) >= 11 is 0. The first kappa shape index (κ1) is 13.5. The lowest BCUT2D eigenvalue weighted by molar-refractivity contribution is 0.0949. The molecule has 0 unspecified atom stereocenters. The highest BCUT2D eigenvalue weighted by Crippen LogP contribution is 2.18. The van der Waals surface area contributed by atoms with Crippen LogP contribution in [0.25, 0.3) is 0 Å². The number of nitrogens with one attached hydrogen (secondary N) is 1. The number of nitrogens with two attached hydrogens (primary N) is 1. The minimum Gasteiger partial charge on any atom is -0.493 e. The van der Waals surface area contributed by atoms with Crippen LogP contribution in [0, 0.1) is 0 Å². The van der Waals surface area contributed by atoms with Crippen molar-refractivity contribution < 1.29 is 9.53 Å². The molecule has 0 spiro atoms. The van der Waals surface area contributed by atoms with Crippen molar-refractivity contribution in [2.75, 3.05) is 6.61 Å². The van der Waals surface area contributed by atoms with Crippen molar-refractivity contribution in [2.24, 2.45) is 5.84 Å². The molecule has 0 aliphatic rings. The summed E-state index contributed by atoms with van der Waals surface area (Å²) in [6, 6.07) is 7.11. The number of hydrogen-bond acceptors (Lipinski definition) is 3. The minimum absolute atomic E-state index is 0.325. The van der Waals surface area contributed by atoms with E-state index in [-0.39, 0.29) is 5.91 Å². The Morgan fingerprint density at radius 2 is 2.06 bits per heavy atom. The van der Waals surface area contributed by atoms with Crippen LogP contribution in [0.1, 0.15) is 43.0 Å². The van der Waals surface area contributed by atoms with Gasteiger partial charge < -0.3 is 4.74 Å². The fourth-order valence-electron chi connectivity index (χ4n) is 1.57. The first-order valence-electron chi connectivity index (χ1n) is 6.02. The summed E-state index contributed by atoms with van der Waals surface area (Å²) < 4.78 is 5.59. The fourth-order valence-corrected chi connectivity index (χ4v) is 1.57. The van der Waals surface area contributed by atoms with E-state index >= 15 is 0 Å². The maximum atomic E-state index is 11.5. The highest BCUT2D eigenvalue weighted by molar-refractivity contribution is 5.96. The first-order chi connectivity index (χ1) is 8.29. The van der Waals surface area contributed by atoms with Crippen molar-refractivity contribution in [3.05, 3.63) is 29.8 Å². The van der Waals surface area contributed by atoms with Crippen LogP contribution >= 0.6 is 0 Å². The Bertz CT molecular complexity index is 353. The summed E-state index contributed by atoms with van der Waals surface area (Å²) in [7, 11) is 0. The molecule has 17 heavy (non-hydrogen) atoms. The lowest BCUT2D eigenvalue weighted by atomic mass is 10.2. The summed E-state index contributed by atoms with van der Waals surface area (Å²) in [5, 5.41) is 0. The molecular weight excluding hydrogens is 216 g/mol. The van der Waals surface area contributed by atoms with Gasteiger partial charge in [-0.3, -0.25) is 10.2 Å². The van der Waals surface area contributed by atoms with E-state index in [1.807, 2.05) is 6.07 Å². The van der Waals surface area contributed by atoms with Crippen molar-refractivity contribution in [2.45, 2.75) is 32.6 Å². The lowest BCUT2D eigenvalue weighted by Crippen LogP contribution is -2.30. The highest BCUT2D eigenvalue weighted by Gasteiger charge is 2.09. The monoisotopic (exact) mass is 236 g/mol. The van der Waals surface area contributed by atoms with Crippen LogP contribution in [0.15, 0.2) is 24.3 Å². The molecule has 1 rings (SSSR count). The van der Waals surface area contributed by atoms with Gasteiger partial charge in [-0.1, -0.05) is 38.3 Å². The molecule has 4 nitrogen and oxygen atoms in total. The van der Waals surface area contributed by atoms with E-state index in [9.17, 15) is 4.79 Å². The molecule has 94 valence electrons. The van der Waals surface area contributed by atoms with E-state index in [1.54, 1.807) is 18.2 Å². The van der Waals surface area contributed by atoms with Gasteiger partial charge in [0.25, 0.3) is 5.91 Å². The molecule has 1 aromatic rings. The Morgan fingerprint density at radius 1 is 1.29 bits per heavy atom. The van der Waals surface area contributed by atoms with Gasteiger partial charge in [0.05, 0.1) is 12.2 Å². The second-order valence-corrected chi connectivity index (χ2v) is 3.88. The van der Waals surface area contributed by atoms with E-state index in [2.05, 4.69) is 12.3 Å². The molecule has 0 fully saturated rings. The molecule has 0 saturated carbocycles. The Morgan fingerprint density at radius 3 is 2.76 bits per heavy atom. The van der Waals surface area contributed by atoms with Crippen LogP contribution in [0.4, 0.5) is 0 Å². The maximum Gasteiger partial charge on any atom is 0.268 e. The van der Waals surface area contributed by atoms with Crippen molar-refractivity contribution in [3.63, 3.8) is 0 Å². The third-order valence-electron chi connectivity index (χ3n) is 2.52. The van der Waals surface area contributed by atoms with E-state index in [4.69, 9.17) is 10.6 Å². The van der Waals surface area contributed by atoms with Crippen molar-refractivity contribution in [3.8, 4) is 5.75 Å². The summed E-state index contributed by atoms with van der Waals surface area (Å²) in [6.45, 7) is 2.80. The van der Waals surface area contributed by atoms with Crippen molar-refractivity contribution in [1.82, 2.24) is 5.43 Å². The van der Waals surface area contributed by atoms with Gasteiger partial charge in [-0.25, -0.2) is 5.84 Å². The molecule has 0 saturated heterocycles. The summed E-state index contributed by atoms with van der Waals surface area (Å²) in [4.78, 5) is 11.5. The highest BCUT2D eigenvalue weighted by atomic mass is 16.5. The van der Waals surface area contributed by atoms with Crippen molar-refractivity contribution in [1.29, 1.82) is 0 Å². The average molecular weight is 236 g/mol. The first-order valence-corrected chi connectivity index (χ1v) is 6.02. The molecule has 0 atom stereocenters. The van der Waals surface area contributed by atoms with Gasteiger partial charge in [-0.2, -0.15) is 0 Å². The number of amides is 1. The van der Waals surface area contributed by atoms with Crippen LogP contribution in [0.5, 0.6) is 5.75 Å². The lowest BCUT2D eigenvalue weighted by Gasteiger charge is -2.10. The number of benzene rings is 1. The fraction of sp³-hybridized carbons (Fsp3) is 0.462. The van der Waals surface area contributed by atoms with Gasteiger partial charge in [0.2, 0.25) is 0 Å². The number of unbranched alkanes of at least 4 members (excludes halogenated alkanes) is 3. The predicted octanol–water partition coefficient (Wildman–Crippen LogP) is 2.25. The maximum absolute atomic E-state index is 11.5. The summed E-state index contributed by atoms with van der Waals surface area (Å²) in [5.74, 6) is 5.38. The number of hydrazine groups is 1. The second-order valence-electron chi connectivity index (χ2n) is 3.88. The molecule has 0 bridgehead atoms. The molecule has 1 amide bonds. The van der Waals surface area contributed by atoms with Crippen LogP contribution in [0.2, 0.25) is 0 Å². The number of nitrogen functional groups attached to an aromatic ring is 1. The number of carbonyl (C=O) groups excluding carboxylic acids is 1. The number of hydrogen-bond donors (Lipinski definition) is 2. The molecule has 3 N–H and O–H groups in total. The molecule has 0 aliphatic carbocycles. The number of carbonyl (C=O) groups is 1. The van der Waals surface area contributed by atoms with Crippen LogP contribution in [-0.2, 0) is 0 Å². The predicted molar refractivity (Wildman–Crippen MR) is 67.7 cm³/mol. The second kappa shape index (κ2) is 7.68. The molecule has 0 aromatic heterocycles. The largest absolute Gasteiger partial charge is 0.493 e. The third kappa shape index (κ3) is 4.44. The standard InChI is InChI=1S/C13H20N2O2/c1-2-3-4-7-10-17-12-9-6-5-8-11(12)13(16)15-14/h5-6,8-9H,2-4,7,10,14H2,1H3,(H,15,16). The normalized spacial score (nSPS) is 10.0. The van der Waals surface area contributed by atoms with Gasteiger partial charge in [0.15, 0.2) is 0 Å². The van der Waals surface area contributed by atoms with Gasteiger partial charge in [0.1, 0.15) is 5.75 Å². The van der Waals surface area contributed by atoms with E-state index in [1.165, 1.54) is 12.8 Å². The Kier molecular flexibility index (Phi) is 6.10. The number of ether oxygens (including phenoxy) is 1. The zero-order valence-electron chi connectivity index (χ0n) is 10.2. The van der Waals surface area contributed by atoms with Gasteiger partial charge in [-0.15, -0.1) is 0 Å². The van der Waals surface area contributed by atoms with Crippen molar-refractivity contribution >= 4 is 5.91 Å². The minimum atomic E-state index is -0.325. The smallest absolute Gasteiger partial charge is 0.268 e. The number of para-hydroxylation sites is 1. The number of rotatable bonds is 7. The molecule has 0 heterocycles. The van der Waals surface area contributed by atoms with E-state index in [0.717, 1.165) is 12.8 Å². The Balaban J connectivity index is 2.49. The van der Waals surface area contributed by atoms with E-state index in [0.29, 0.717) is 17.9 Å². The third-order valence-corrected chi connectivity index (χ3v) is 2.52.